The number of aromatic nitrogens is 2. The molecule has 0 spiro atoms. The van der Waals surface area contributed by atoms with Gasteiger partial charge in [-0.25, -0.2) is 9.97 Å². The fourth-order valence-corrected chi connectivity index (χ4v) is 10.0. The van der Waals surface area contributed by atoms with Crippen molar-refractivity contribution in [2.45, 2.75) is 91.1 Å². The molecule has 1 aliphatic heterocycles. The van der Waals surface area contributed by atoms with Crippen LogP contribution in [0.3, 0.4) is 0 Å². The Labute approximate surface area is 234 Å². The van der Waals surface area contributed by atoms with Gasteiger partial charge in [0.15, 0.2) is 0 Å². The second-order valence-corrected chi connectivity index (χ2v) is 14.1. The molecule has 1 aromatic rings. The summed E-state index contributed by atoms with van der Waals surface area (Å²) in [6.07, 6.45) is 15.2. The lowest BCUT2D eigenvalue weighted by atomic mass is 9.47. The minimum Gasteiger partial charge on any atom is -0.393 e. The molecule has 8 atom stereocenters. The predicted molar refractivity (Wildman–Crippen MR) is 155 cm³/mol. The molecule has 2 heterocycles. The van der Waals surface area contributed by atoms with Crippen LogP contribution >= 0.6 is 0 Å². The first-order chi connectivity index (χ1) is 18.7. The van der Waals surface area contributed by atoms with Gasteiger partial charge in [-0.1, -0.05) is 32.4 Å². The van der Waals surface area contributed by atoms with Crippen LogP contribution in [0.15, 0.2) is 24.0 Å². The number of aliphatic hydroxyl groups excluding tert-OH is 1. The molecule has 1 aromatic heterocycles. The third-order valence-electron chi connectivity index (χ3n) is 12.3. The highest BCUT2D eigenvalue weighted by atomic mass is 16.3. The zero-order valence-electron chi connectivity index (χ0n) is 24.3. The fraction of sp³-hybridized carbons (Fsp3) is 0.781. The van der Waals surface area contributed by atoms with Crippen molar-refractivity contribution < 1.29 is 9.90 Å². The molecule has 214 valence electrons. The van der Waals surface area contributed by atoms with E-state index < -0.39 is 0 Å². The Morgan fingerprint density at radius 3 is 2.67 bits per heavy atom. The van der Waals surface area contributed by atoms with E-state index in [1.165, 1.54) is 38.4 Å². The number of allylic oxidation sites excluding steroid dienone is 1. The molecule has 7 heteroatoms. The van der Waals surface area contributed by atoms with Crippen molar-refractivity contribution in [3.63, 3.8) is 0 Å². The zero-order chi connectivity index (χ0) is 27.4. The summed E-state index contributed by atoms with van der Waals surface area (Å²) in [7, 11) is 0. The number of hydrogen-bond donors (Lipinski definition) is 2. The number of anilines is 2. The number of nitrogens with zero attached hydrogens (tertiary/aromatic N) is 4. The number of carbonyl (C=O) groups is 1. The smallest absolute Gasteiger partial charge is 0.222 e. The van der Waals surface area contributed by atoms with Crippen LogP contribution in [0, 0.1) is 40.4 Å². The van der Waals surface area contributed by atoms with Gasteiger partial charge < -0.3 is 20.6 Å². The van der Waals surface area contributed by atoms with E-state index in [1.54, 1.807) is 5.57 Å². The van der Waals surface area contributed by atoms with Crippen molar-refractivity contribution in [3.05, 3.63) is 24.0 Å². The van der Waals surface area contributed by atoms with Gasteiger partial charge >= 0.3 is 0 Å². The molecule has 1 unspecified atom stereocenters. The Kier molecular flexibility index (Phi) is 7.18. The molecule has 0 aromatic carbocycles. The molecule has 1 amide bonds. The lowest BCUT2D eigenvalue weighted by Crippen LogP contribution is -2.51. The fourth-order valence-electron chi connectivity index (χ4n) is 10.0. The Morgan fingerprint density at radius 2 is 1.90 bits per heavy atom. The van der Waals surface area contributed by atoms with E-state index >= 15 is 0 Å². The number of carbonyl (C=O) groups excluding carboxylic acids is 1. The van der Waals surface area contributed by atoms with Gasteiger partial charge in [-0.3, -0.25) is 4.79 Å². The number of nitrogens with two attached hydrogens (primary N) is 1. The summed E-state index contributed by atoms with van der Waals surface area (Å²) >= 11 is 0. The third-order valence-corrected chi connectivity index (χ3v) is 12.3. The SMILES string of the molecule is CC(CCC(=O)N1CCN(c2cc(N)ncn2)CC1)[C@H]1CC[C@H]2[C@@H]3CC=C4C[C@@H](O)CC[C@]4(C)[C@H]3CC[C@]12C. The van der Waals surface area contributed by atoms with Crippen LogP contribution in [0.5, 0.6) is 0 Å². The minimum atomic E-state index is -0.129. The number of aliphatic hydroxyl groups is 1. The standard InChI is InChI=1S/C32H49N5O2/c1-21(4-9-30(39)37-16-14-36(15-17-37)29-19-28(33)34-20-35-29)25-7-8-26-24-6-5-22-18-23(38)10-12-31(22,2)27(24)11-13-32(25,26)3/h5,19-21,23-27,38H,4,6-18H2,1-3H3,(H2,33,34,35)/t21?,23-,24-,25+,26-,27-,31-,32+/m0/s1. The summed E-state index contributed by atoms with van der Waals surface area (Å²) in [6, 6.07) is 1.81. The van der Waals surface area contributed by atoms with Gasteiger partial charge in [0.2, 0.25) is 5.91 Å². The van der Waals surface area contributed by atoms with Gasteiger partial charge in [-0.2, -0.15) is 0 Å². The first-order valence-electron chi connectivity index (χ1n) is 15.7. The van der Waals surface area contributed by atoms with E-state index in [1.807, 2.05) is 11.0 Å². The molecular weight excluding hydrogens is 486 g/mol. The number of piperazine rings is 1. The number of fused-ring (bicyclic) bond motifs is 5. The molecule has 6 rings (SSSR count). The monoisotopic (exact) mass is 535 g/mol. The lowest BCUT2D eigenvalue weighted by molar-refractivity contribution is -0.132. The van der Waals surface area contributed by atoms with Gasteiger partial charge in [-0.05, 0) is 98.2 Å². The van der Waals surface area contributed by atoms with Gasteiger partial charge in [0, 0.05) is 38.7 Å². The Bertz CT molecular complexity index is 1100. The summed E-state index contributed by atoms with van der Waals surface area (Å²) < 4.78 is 0. The van der Waals surface area contributed by atoms with E-state index in [0.29, 0.717) is 34.9 Å². The van der Waals surface area contributed by atoms with Crippen molar-refractivity contribution in [1.29, 1.82) is 0 Å². The van der Waals surface area contributed by atoms with E-state index in [9.17, 15) is 9.90 Å². The van der Waals surface area contributed by atoms with Crippen LogP contribution in [0.2, 0.25) is 0 Å². The van der Waals surface area contributed by atoms with Crippen molar-refractivity contribution in [1.82, 2.24) is 14.9 Å². The lowest BCUT2D eigenvalue weighted by Gasteiger charge is -2.58. The van der Waals surface area contributed by atoms with E-state index in [4.69, 9.17) is 5.73 Å². The summed E-state index contributed by atoms with van der Waals surface area (Å²) in [5, 5.41) is 10.3. The third kappa shape index (κ3) is 4.76. The molecule has 39 heavy (non-hydrogen) atoms. The number of rotatable bonds is 5. The highest BCUT2D eigenvalue weighted by Crippen LogP contribution is 2.67. The summed E-state index contributed by atoms with van der Waals surface area (Å²) in [5.41, 5.74) is 8.11. The molecule has 3 saturated carbocycles. The highest BCUT2D eigenvalue weighted by molar-refractivity contribution is 5.76. The zero-order valence-corrected chi connectivity index (χ0v) is 24.3. The minimum absolute atomic E-state index is 0.129. The van der Waals surface area contributed by atoms with Crippen molar-refractivity contribution >= 4 is 17.5 Å². The number of amides is 1. The summed E-state index contributed by atoms with van der Waals surface area (Å²) in [5.74, 6) is 5.35. The molecule has 1 saturated heterocycles. The molecule has 5 aliphatic rings. The molecule has 4 fully saturated rings. The highest BCUT2D eigenvalue weighted by Gasteiger charge is 2.59. The quantitative estimate of drug-likeness (QED) is 0.512. The van der Waals surface area contributed by atoms with E-state index in [2.05, 4.69) is 41.7 Å². The van der Waals surface area contributed by atoms with Crippen LogP contribution in [0.25, 0.3) is 0 Å². The molecule has 3 N–H and O–H groups in total. The number of hydrogen-bond acceptors (Lipinski definition) is 6. The van der Waals surface area contributed by atoms with Gasteiger partial charge in [0.05, 0.1) is 6.10 Å². The second kappa shape index (κ2) is 10.4. The average molecular weight is 536 g/mol. The second-order valence-electron chi connectivity index (χ2n) is 14.1. The first kappa shape index (κ1) is 27.0. The Balaban J connectivity index is 1.04. The van der Waals surface area contributed by atoms with E-state index in [-0.39, 0.29) is 6.10 Å². The maximum atomic E-state index is 13.2. The van der Waals surface area contributed by atoms with Gasteiger partial charge in [0.25, 0.3) is 0 Å². The summed E-state index contributed by atoms with van der Waals surface area (Å²) in [6.45, 7) is 10.6. The maximum absolute atomic E-state index is 13.2. The molecule has 7 nitrogen and oxygen atoms in total. The van der Waals surface area contributed by atoms with Crippen LogP contribution in [-0.2, 0) is 4.79 Å². The van der Waals surface area contributed by atoms with Crippen LogP contribution in [0.1, 0.15) is 85.0 Å². The molecule has 4 aliphatic carbocycles. The molecule has 0 bridgehead atoms. The van der Waals surface area contributed by atoms with Crippen molar-refractivity contribution in [2.24, 2.45) is 40.4 Å². The Morgan fingerprint density at radius 1 is 1.10 bits per heavy atom. The van der Waals surface area contributed by atoms with Crippen molar-refractivity contribution in [2.75, 3.05) is 36.8 Å². The average Bonchev–Trinajstić information content (AvgIpc) is 3.29. The maximum Gasteiger partial charge on any atom is 0.222 e. The largest absolute Gasteiger partial charge is 0.393 e. The first-order valence-corrected chi connectivity index (χ1v) is 15.7. The summed E-state index contributed by atoms with van der Waals surface area (Å²) in [4.78, 5) is 25.8. The van der Waals surface area contributed by atoms with E-state index in [0.717, 1.165) is 81.4 Å². The molecule has 0 radical (unpaired) electrons. The van der Waals surface area contributed by atoms with Gasteiger partial charge in [-0.15, -0.1) is 0 Å². The predicted octanol–water partition coefficient (Wildman–Crippen LogP) is 5.06. The van der Waals surface area contributed by atoms with Crippen LogP contribution in [0.4, 0.5) is 11.6 Å². The number of nitrogen functional groups attached to an aromatic ring is 1. The normalized spacial score (nSPS) is 38.9. The van der Waals surface area contributed by atoms with Crippen LogP contribution in [-0.4, -0.2) is 58.2 Å². The topological polar surface area (TPSA) is 95.6 Å². The van der Waals surface area contributed by atoms with Gasteiger partial charge in [0.1, 0.15) is 18.0 Å². The molecular formula is C32H49N5O2. The Hall–Kier alpha value is -2.15. The van der Waals surface area contributed by atoms with Crippen molar-refractivity contribution in [3.8, 4) is 0 Å². The van der Waals surface area contributed by atoms with Crippen LogP contribution < -0.4 is 10.6 Å².